The topological polar surface area (TPSA) is 154 Å². The van der Waals surface area contributed by atoms with E-state index in [0.717, 1.165) is 18.4 Å². The second-order valence-corrected chi connectivity index (χ2v) is 12.3. The quantitative estimate of drug-likeness (QED) is 0.368. The van der Waals surface area contributed by atoms with Crippen LogP contribution in [-0.2, 0) is 19.1 Å². The summed E-state index contributed by atoms with van der Waals surface area (Å²) in [5, 5.41) is 53.4. The number of aliphatic hydroxyl groups excluding tert-OH is 4. The highest BCUT2D eigenvalue weighted by Gasteiger charge is 2.72. The van der Waals surface area contributed by atoms with Crippen molar-refractivity contribution in [2.24, 2.45) is 28.6 Å². The molecule has 0 aromatic carbocycles. The Morgan fingerprint density at radius 1 is 1.08 bits per heavy atom. The maximum atomic E-state index is 12.8. The Bertz CT molecular complexity index is 948. The van der Waals surface area contributed by atoms with Crippen LogP contribution in [0.5, 0.6) is 0 Å². The van der Waals surface area contributed by atoms with Gasteiger partial charge in [-0.15, -0.1) is 0 Å². The van der Waals surface area contributed by atoms with Crippen LogP contribution in [0.4, 0.5) is 0 Å². The molecule has 1 heterocycles. The van der Waals surface area contributed by atoms with Gasteiger partial charge in [-0.1, -0.05) is 19.4 Å². The van der Waals surface area contributed by atoms with Crippen LogP contribution in [0.25, 0.3) is 0 Å². The smallest absolute Gasteiger partial charge is 0.187 e. The van der Waals surface area contributed by atoms with E-state index in [1.54, 1.807) is 6.08 Å². The predicted octanol–water partition coefficient (Wildman–Crippen LogP) is 0.633. The number of ketones is 2. The molecule has 0 amide bonds. The second-order valence-electron chi connectivity index (χ2n) is 12.3. The number of rotatable bonds is 4. The highest BCUT2D eigenvalue weighted by Crippen LogP contribution is 2.69. The molecule has 4 aliphatic carbocycles. The summed E-state index contributed by atoms with van der Waals surface area (Å²) in [7, 11) is 0. The van der Waals surface area contributed by atoms with Gasteiger partial charge in [0.05, 0.1) is 12.7 Å². The molecule has 0 radical (unpaired) electrons. The van der Waals surface area contributed by atoms with E-state index in [0.29, 0.717) is 25.7 Å². The zero-order chi connectivity index (χ0) is 26.2. The Kier molecular flexibility index (Phi) is 6.55. The van der Waals surface area contributed by atoms with Crippen molar-refractivity contribution in [1.29, 1.82) is 0 Å². The zero-order valence-electron chi connectivity index (χ0n) is 21.3. The fourth-order valence-corrected chi connectivity index (χ4v) is 8.67. The number of hydrogen-bond acceptors (Lipinski definition) is 9. The molecule has 5 aliphatic rings. The molecule has 12 atom stereocenters. The van der Waals surface area contributed by atoms with Crippen LogP contribution in [-0.4, -0.2) is 86.1 Å². The van der Waals surface area contributed by atoms with Crippen LogP contribution >= 0.6 is 0 Å². The van der Waals surface area contributed by atoms with Gasteiger partial charge in [0.25, 0.3) is 0 Å². The molecule has 0 aromatic heterocycles. The fraction of sp³-hybridized carbons (Fsp3) is 0.852. The van der Waals surface area contributed by atoms with Crippen molar-refractivity contribution in [2.45, 2.75) is 108 Å². The Balaban J connectivity index is 1.51. The number of allylic oxidation sites excluding steroid dienone is 1. The highest BCUT2D eigenvalue weighted by molar-refractivity contribution is 5.91. The summed E-state index contributed by atoms with van der Waals surface area (Å²) in [6.07, 6.45) is -1.97. The molecule has 0 spiro atoms. The molecular weight excluding hydrogens is 468 g/mol. The van der Waals surface area contributed by atoms with Crippen molar-refractivity contribution < 1.29 is 44.6 Å². The summed E-state index contributed by atoms with van der Waals surface area (Å²) in [5.74, 6) is -0.404. The first-order valence-electron chi connectivity index (χ1n) is 13.3. The van der Waals surface area contributed by atoms with Crippen molar-refractivity contribution in [1.82, 2.24) is 0 Å². The summed E-state index contributed by atoms with van der Waals surface area (Å²) in [5.41, 5.74) is -1.21. The number of aliphatic hydroxyl groups is 5. The lowest BCUT2D eigenvalue weighted by Gasteiger charge is -2.62. The summed E-state index contributed by atoms with van der Waals surface area (Å²) >= 11 is 0. The molecule has 9 heteroatoms. The van der Waals surface area contributed by atoms with E-state index in [1.807, 2.05) is 6.92 Å². The lowest BCUT2D eigenvalue weighted by molar-refractivity contribution is -0.332. The molecule has 0 bridgehead atoms. The molecule has 4 fully saturated rings. The van der Waals surface area contributed by atoms with Crippen molar-refractivity contribution in [3.63, 3.8) is 0 Å². The zero-order valence-corrected chi connectivity index (χ0v) is 21.3. The van der Waals surface area contributed by atoms with Gasteiger partial charge < -0.3 is 35.0 Å². The third-order valence-electron chi connectivity index (χ3n) is 10.8. The first kappa shape index (κ1) is 26.4. The van der Waals surface area contributed by atoms with E-state index in [2.05, 4.69) is 6.92 Å². The molecule has 0 unspecified atom stereocenters. The average molecular weight is 509 g/mol. The third-order valence-corrected chi connectivity index (χ3v) is 10.8. The summed E-state index contributed by atoms with van der Waals surface area (Å²) < 4.78 is 11.9. The minimum Gasteiger partial charge on any atom is -0.394 e. The van der Waals surface area contributed by atoms with Gasteiger partial charge >= 0.3 is 0 Å². The molecule has 0 aromatic rings. The third kappa shape index (κ3) is 3.54. The van der Waals surface area contributed by atoms with Crippen LogP contribution < -0.4 is 0 Å². The first-order chi connectivity index (χ1) is 16.9. The van der Waals surface area contributed by atoms with Crippen LogP contribution in [0.2, 0.25) is 0 Å². The number of fused-ring (bicyclic) bond motifs is 5. The maximum Gasteiger partial charge on any atom is 0.187 e. The number of ether oxygens (including phenoxy) is 2. The number of hydrogen-bond donors (Lipinski definition) is 5. The number of Topliss-reactive ketones (excluding diaryl/α,β-unsaturated/α-hetero) is 1. The van der Waals surface area contributed by atoms with Crippen molar-refractivity contribution in [3.8, 4) is 0 Å². The number of carbonyl (C=O) groups excluding carboxylic acids is 2. The van der Waals surface area contributed by atoms with Gasteiger partial charge in [-0.2, -0.15) is 0 Å². The molecule has 1 saturated heterocycles. The molecule has 36 heavy (non-hydrogen) atoms. The lowest BCUT2D eigenvalue weighted by atomic mass is 9.45. The molecule has 5 rings (SSSR count). The van der Waals surface area contributed by atoms with Gasteiger partial charge in [-0.25, -0.2) is 0 Å². The summed E-state index contributed by atoms with van der Waals surface area (Å²) in [6.45, 7) is 5.11. The van der Waals surface area contributed by atoms with Crippen LogP contribution in [0, 0.1) is 28.6 Å². The van der Waals surface area contributed by atoms with E-state index in [-0.39, 0.29) is 35.2 Å². The normalized spacial score (nSPS) is 52.7. The van der Waals surface area contributed by atoms with Gasteiger partial charge in [0, 0.05) is 17.8 Å². The predicted molar refractivity (Wildman–Crippen MR) is 126 cm³/mol. The van der Waals surface area contributed by atoms with Crippen LogP contribution in [0.3, 0.4) is 0 Å². The monoisotopic (exact) mass is 508 g/mol. The number of carbonyl (C=O) groups is 2. The van der Waals surface area contributed by atoms with Gasteiger partial charge in [0.1, 0.15) is 35.8 Å². The molecule has 202 valence electrons. The van der Waals surface area contributed by atoms with Crippen molar-refractivity contribution in [2.75, 3.05) is 6.61 Å². The first-order valence-corrected chi connectivity index (χ1v) is 13.3. The summed E-state index contributed by atoms with van der Waals surface area (Å²) in [6, 6.07) is 0. The SMILES string of the molecule is CC(=O)[C@H]1C[C@H](O[C@@H]2O[C@H](CO)[C@@H](O)[C@H](O)[C@H]2O)[C@]2(O)[C@@H]3CCC4=CC(=O)CC[C@]4(C)[C@H]3CC[C@]12C. The molecule has 1 aliphatic heterocycles. The molecule has 9 nitrogen and oxygen atoms in total. The molecule has 3 saturated carbocycles. The van der Waals surface area contributed by atoms with E-state index >= 15 is 0 Å². The average Bonchev–Trinajstić information content (AvgIpc) is 3.07. The van der Waals surface area contributed by atoms with E-state index in [9.17, 15) is 35.1 Å². The van der Waals surface area contributed by atoms with Gasteiger partial charge in [0.2, 0.25) is 0 Å². The van der Waals surface area contributed by atoms with E-state index in [4.69, 9.17) is 9.47 Å². The highest BCUT2D eigenvalue weighted by atomic mass is 16.7. The van der Waals surface area contributed by atoms with Gasteiger partial charge in [-0.3, -0.25) is 9.59 Å². The maximum absolute atomic E-state index is 12.8. The Hall–Kier alpha value is -1.20. The molecule has 5 N–H and O–H groups in total. The Morgan fingerprint density at radius 3 is 2.47 bits per heavy atom. The standard InChI is InChI=1S/C27H40O9/c1-13(29)18-11-20(36-24-23(33)22(32)21(31)19(12-28)35-24)27(34)17-5-4-14-10-15(30)6-8-25(14,2)16(17)7-9-26(18,27)3/h10,16-24,28,31-34H,4-9,11-12H2,1-3H3/t16-,17+,18+,19+,20-,21+,22-,23+,24-,25-,26+,27+/m0/s1. The van der Waals surface area contributed by atoms with Gasteiger partial charge in [0.15, 0.2) is 12.1 Å². The summed E-state index contributed by atoms with van der Waals surface area (Å²) in [4.78, 5) is 25.0. The van der Waals surface area contributed by atoms with Crippen molar-refractivity contribution in [3.05, 3.63) is 11.6 Å². The second kappa shape index (κ2) is 8.93. The van der Waals surface area contributed by atoms with E-state index in [1.165, 1.54) is 6.92 Å². The fourth-order valence-electron chi connectivity index (χ4n) is 8.67. The van der Waals surface area contributed by atoms with Crippen LogP contribution in [0.1, 0.15) is 65.7 Å². The molecular formula is C27H40O9. The lowest BCUT2D eigenvalue weighted by Crippen LogP contribution is -2.66. The van der Waals surface area contributed by atoms with E-state index < -0.39 is 60.4 Å². The van der Waals surface area contributed by atoms with Gasteiger partial charge in [-0.05, 0) is 68.8 Å². The van der Waals surface area contributed by atoms with Crippen LogP contribution in [0.15, 0.2) is 11.6 Å². The van der Waals surface area contributed by atoms with Crippen molar-refractivity contribution >= 4 is 11.6 Å². The minimum absolute atomic E-state index is 0.0276. The largest absolute Gasteiger partial charge is 0.394 e. The Labute approximate surface area is 211 Å². The Morgan fingerprint density at radius 2 is 1.81 bits per heavy atom. The minimum atomic E-state index is -1.59.